The maximum Gasteiger partial charge on any atom is 0.254 e. The first-order chi connectivity index (χ1) is 10.1. The molecule has 0 aliphatic heterocycles. The molecule has 0 heterocycles. The zero-order valence-electron chi connectivity index (χ0n) is 11.9. The number of hydrogen-bond acceptors (Lipinski definition) is 2. The van der Waals surface area contributed by atoms with Gasteiger partial charge in [-0.2, -0.15) is 0 Å². The van der Waals surface area contributed by atoms with Gasteiger partial charge in [-0.05, 0) is 30.2 Å². The summed E-state index contributed by atoms with van der Waals surface area (Å²) in [5.41, 5.74) is 1.66. The van der Waals surface area contributed by atoms with E-state index in [1.54, 1.807) is 24.1 Å². The average molecular weight is 348 g/mol. The molecule has 0 spiro atoms. The van der Waals surface area contributed by atoms with E-state index >= 15 is 0 Å². The molecule has 0 fully saturated rings. The Labute approximate surface area is 133 Å². The van der Waals surface area contributed by atoms with Crippen molar-refractivity contribution in [2.45, 2.75) is 12.5 Å². The van der Waals surface area contributed by atoms with Crippen LogP contribution in [0.1, 0.15) is 28.4 Å². The van der Waals surface area contributed by atoms with E-state index in [1.165, 1.54) is 0 Å². The Morgan fingerprint density at radius 3 is 2.52 bits per heavy atom. The lowest BCUT2D eigenvalue weighted by Crippen LogP contribution is -2.31. The third kappa shape index (κ3) is 3.93. The average Bonchev–Trinajstić information content (AvgIpc) is 2.52. The number of aliphatic hydroxyl groups excluding tert-OH is 1. The molecule has 0 saturated carbocycles. The molecule has 0 aliphatic rings. The Bertz CT molecular complexity index is 601. The zero-order chi connectivity index (χ0) is 15.2. The lowest BCUT2D eigenvalue weighted by Gasteiger charge is -2.28. The molecule has 0 aliphatic carbocycles. The van der Waals surface area contributed by atoms with Crippen molar-refractivity contribution in [3.8, 4) is 0 Å². The van der Waals surface area contributed by atoms with E-state index < -0.39 is 0 Å². The topological polar surface area (TPSA) is 40.5 Å². The number of rotatable bonds is 5. The molecule has 1 amide bonds. The maximum absolute atomic E-state index is 12.6. The van der Waals surface area contributed by atoms with Crippen LogP contribution in [0.4, 0.5) is 0 Å². The second-order valence-electron chi connectivity index (χ2n) is 4.87. The smallest absolute Gasteiger partial charge is 0.254 e. The van der Waals surface area contributed by atoms with Gasteiger partial charge in [-0.1, -0.05) is 52.3 Å². The van der Waals surface area contributed by atoms with Crippen molar-refractivity contribution in [3.63, 3.8) is 0 Å². The van der Waals surface area contributed by atoms with Crippen LogP contribution >= 0.6 is 15.9 Å². The van der Waals surface area contributed by atoms with E-state index in [9.17, 15) is 9.90 Å². The van der Waals surface area contributed by atoms with Gasteiger partial charge in [-0.3, -0.25) is 4.79 Å². The number of benzene rings is 2. The second kappa shape index (κ2) is 7.38. The van der Waals surface area contributed by atoms with E-state index in [2.05, 4.69) is 15.9 Å². The number of halogens is 1. The fourth-order valence-electron chi connectivity index (χ4n) is 2.35. The highest BCUT2D eigenvalue weighted by molar-refractivity contribution is 9.10. The number of amides is 1. The number of carbonyl (C=O) groups excluding carboxylic acids is 1. The summed E-state index contributed by atoms with van der Waals surface area (Å²) in [6.45, 7) is 0.0374. The fourth-order valence-corrected chi connectivity index (χ4v) is 2.75. The van der Waals surface area contributed by atoms with Crippen molar-refractivity contribution < 1.29 is 9.90 Å². The lowest BCUT2D eigenvalue weighted by molar-refractivity contribution is 0.0705. The van der Waals surface area contributed by atoms with Gasteiger partial charge in [-0.15, -0.1) is 0 Å². The first-order valence-corrected chi connectivity index (χ1v) is 7.61. The SMILES string of the molecule is CN(C(=O)c1cccc(Br)c1)C(CCO)c1ccccc1. The van der Waals surface area contributed by atoms with Crippen LogP contribution in [0.2, 0.25) is 0 Å². The van der Waals surface area contributed by atoms with Crippen molar-refractivity contribution in [1.82, 2.24) is 4.90 Å². The van der Waals surface area contributed by atoms with Crippen LogP contribution in [0.5, 0.6) is 0 Å². The van der Waals surface area contributed by atoms with Crippen LogP contribution in [0.25, 0.3) is 0 Å². The minimum atomic E-state index is -0.136. The molecular weight excluding hydrogens is 330 g/mol. The predicted octanol–water partition coefficient (Wildman–Crippen LogP) is 3.64. The molecule has 0 saturated heterocycles. The normalized spacial score (nSPS) is 12.0. The molecule has 4 heteroatoms. The summed E-state index contributed by atoms with van der Waals surface area (Å²) in [4.78, 5) is 14.3. The highest BCUT2D eigenvalue weighted by Gasteiger charge is 2.22. The number of hydrogen-bond donors (Lipinski definition) is 1. The third-order valence-corrected chi connectivity index (χ3v) is 3.94. The van der Waals surface area contributed by atoms with Gasteiger partial charge >= 0.3 is 0 Å². The van der Waals surface area contributed by atoms with Crippen molar-refractivity contribution in [1.29, 1.82) is 0 Å². The standard InChI is InChI=1S/C17H18BrNO2/c1-19(17(21)14-8-5-9-15(18)12-14)16(10-11-20)13-6-3-2-4-7-13/h2-9,12,16,20H,10-11H2,1H3. The summed E-state index contributed by atoms with van der Waals surface area (Å²) in [7, 11) is 1.77. The molecule has 21 heavy (non-hydrogen) atoms. The minimum absolute atomic E-state index is 0.0374. The quantitative estimate of drug-likeness (QED) is 0.896. The third-order valence-electron chi connectivity index (χ3n) is 3.45. The Kier molecular flexibility index (Phi) is 5.53. The van der Waals surface area contributed by atoms with Crippen LogP contribution in [-0.4, -0.2) is 29.6 Å². The largest absolute Gasteiger partial charge is 0.396 e. The molecule has 1 atom stereocenters. The van der Waals surface area contributed by atoms with Gasteiger partial charge in [0.25, 0.3) is 5.91 Å². The van der Waals surface area contributed by atoms with E-state index in [4.69, 9.17) is 0 Å². The van der Waals surface area contributed by atoms with E-state index in [-0.39, 0.29) is 18.6 Å². The number of aliphatic hydroxyl groups is 1. The highest BCUT2D eigenvalue weighted by atomic mass is 79.9. The van der Waals surface area contributed by atoms with Gasteiger partial charge in [0.1, 0.15) is 0 Å². The molecule has 0 radical (unpaired) electrons. The molecular formula is C17H18BrNO2. The van der Waals surface area contributed by atoms with Crippen LogP contribution in [0.15, 0.2) is 59.1 Å². The van der Waals surface area contributed by atoms with E-state index in [0.29, 0.717) is 12.0 Å². The molecule has 2 rings (SSSR count). The van der Waals surface area contributed by atoms with Gasteiger partial charge in [-0.25, -0.2) is 0 Å². The van der Waals surface area contributed by atoms with Gasteiger partial charge in [0.05, 0.1) is 6.04 Å². The van der Waals surface area contributed by atoms with Gasteiger partial charge in [0.15, 0.2) is 0 Å². The Morgan fingerprint density at radius 2 is 1.90 bits per heavy atom. The molecule has 1 N–H and O–H groups in total. The Balaban J connectivity index is 2.26. The van der Waals surface area contributed by atoms with Crippen LogP contribution in [0, 0.1) is 0 Å². The van der Waals surface area contributed by atoms with Gasteiger partial charge < -0.3 is 10.0 Å². The van der Waals surface area contributed by atoms with E-state index in [0.717, 1.165) is 10.0 Å². The highest BCUT2D eigenvalue weighted by Crippen LogP contribution is 2.25. The van der Waals surface area contributed by atoms with Crippen LogP contribution in [-0.2, 0) is 0 Å². The molecule has 0 aromatic heterocycles. The Morgan fingerprint density at radius 1 is 1.19 bits per heavy atom. The Hall–Kier alpha value is -1.65. The summed E-state index contributed by atoms with van der Waals surface area (Å²) in [6.07, 6.45) is 0.514. The fraction of sp³-hybridized carbons (Fsp3) is 0.235. The van der Waals surface area contributed by atoms with Crippen molar-refractivity contribution in [3.05, 3.63) is 70.2 Å². The molecule has 2 aromatic rings. The zero-order valence-corrected chi connectivity index (χ0v) is 13.5. The second-order valence-corrected chi connectivity index (χ2v) is 5.78. The van der Waals surface area contributed by atoms with Crippen molar-refractivity contribution >= 4 is 21.8 Å². The summed E-state index contributed by atoms with van der Waals surface area (Å²) in [5, 5.41) is 9.30. The first kappa shape index (κ1) is 15.7. The minimum Gasteiger partial charge on any atom is -0.396 e. The monoisotopic (exact) mass is 347 g/mol. The molecule has 2 aromatic carbocycles. The van der Waals surface area contributed by atoms with Gasteiger partial charge in [0.2, 0.25) is 0 Å². The molecule has 1 unspecified atom stereocenters. The van der Waals surface area contributed by atoms with Crippen molar-refractivity contribution in [2.24, 2.45) is 0 Å². The predicted molar refractivity (Wildman–Crippen MR) is 87.1 cm³/mol. The lowest BCUT2D eigenvalue weighted by atomic mass is 10.0. The summed E-state index contributed by atoms with van der Waals surface area (Å²) in [5.74, 6) is -0.0568. The number of nitrogens with zero attached hydrogens (tertiary/aromatic N) is 1. The van der Waals surface area contributed by atoms with E-state index in [1.807, 2.05) is 42.5 Å². The molecule has 110 valence electrons. The summed E-state index contributed by atoms with van der Waals surface area (Å²) >= 11 is 3.38. The first-order valence-electron chi connectivity index (χ1n) is 6.82. The maximum atomic E-state index is 12.6. The molecule has 3 nitrogen and oxygen atoms in total. The van der Waals surface area contributed by atoms with Crippen LogP contribution < -0.4 is 0 Å². The van der Waals surface area contributed by atoms with Crippen LogP contribution in [0.3, 0.4) is 0 Å². The molecule has 0 bridgehead atoms. The van der Waals surface area contributed by atoms with Gasteiger partial charge in [0, 0.05) is 23.7 Å². The summed E-state index contributed by atoms with van der Waals surface area (Å²) in [6, 6.07) is 17.0. The number of carbonyl (C=O) groups is 1. The van der Waals surface area contributed by atoms with Crippen molar-refractivity contribution in [2.75, 3.05) is 13.7 Å². The summed E-state index contributed by atoms with van der Waals surface area (Å²) < 4.78 is 0.875.